The van der Waals surface area contributed by atoms with Crippen molar-refractivity contribution in [2.45, 2.75) is 6.61 Å². The minimum atomic E-state index is -0.222. The Kier molecular flexibility index (Phi) is 7.04. The lowest BCUT2D eigenvalue weighted by Gasteiger charge is -2.16. The fourth-order valence-corrected chi connectivity index (χ4v) is 5.24. The Balaban J connectivity index is 1.52. The zero-order valence-electron chi connectivity index (χ0n) is 15.8. The van der Waals surface area contributed by atoms with Crippen LogP contribution in [0.2, 0.25) is 10.0 Å². The van der Waals surface area contributed by atoms with Gasteiger partial charge in [-0.3, -0.25) is 9.69 Å². The van der Waals surface area contributed by atoms with E-state index < -0.39 is 0 Å². The standard InChI is InChI=1S/C23H14BrCl2NO2S2/c24-17-10-15(6-9-20(17)29-13-14-4-2-1-3-5-14)11-21-22(28)27(23(30)31-21)19-8-7-16(25)12-18(19)26/h1-12H,13H2/b21-11-. The number of thioether (sulfide) groups is 1. The highest BCUT2D eigenvalue weighted by Crippen LogP contribution is 2.40. The van der Waals surface area contributed by atoms with Crippen molar-refractivity contribution >= 4 is 85.1 Å². The van der Waals surface area contributed by atoms with E-state index in [0.29, 0.717) is 31.6 Å². The maximum atomic E-state index is 13.0. The van der Waals surface area contributed by atoms with E-state index in [2.05, 4.69) is 15.9 Å². The lowest BCUT2D eigenvalue weighted by molar-refractivity contribution is -0.113. The summed E-state index contributed by atoms with van der Waals surface area (Å²) in [4.78, 5) is 14.9. The Labute approximate surface area is 208 Å². The number of carbonyl (C=O) groups is 1. The molecule has 0 spiro atoms. The van der Waals surface area contributed by atoms with E-state index >= 15 is 0 Å². The molecular weight excluding hydrogens is 537 g/mol. The summed E-state index contributed by atoms with van der Waals surface area (Å²) in [6.07, 6.45) is 1.80. The average molecular weight is 551 g/mol. The van der Waals surface area contributed by atoms with Crippen molar-refractivity contribution in [3.8, 4) is 5.75 Å². The van der Waals surface area contributed by atoms with E-state index in [9.17, 15) is 4.79 Å². The van der Waals surface area contributed by atoms with Crippen LogP contribution in [0.1, 0.15) is 11.1 Å². The van der Waals surface area contributed by atoms with Crippen LogP contribution in [0.25, 0.3) is 6.08 Å². The molecule has 1 aliphatic heterocycles. The largest absolute Gasteiger partial charge is 0.488 e. The number of hydrogen-bond donors (Lipinski definition) is 0. The quantitative estimate of drug-likeness (QED) is 0.240. The summed E-state index contributed by atoms with van der Waals surface area (Å²) in [7, 11) is 0. The zero-order valence-corrected chi connectivity index (χ0v) is 20.6. The second-order valence-corrected chi connectivity index (χ2v) is 9.95. The Morgan fingerprint density at radius 2 is 1.84 bits per heavy atom. The van der Waals surface area contributed by atoms with Crippen molar-refractivity contribution in [1.82, 2.24) is 0 Å². The Hall–Kier alpha value is -1.83. The lowest BCUT2D eigenvalue weighted by Crippen LogP contribution is -2.27. The van der Waals surface area contributed by atoms with Crippen LogP contribution in [0, 0.1) is 0 Å². The lowest BCUT2D eigenvalue weighted by atomic mass is 10.2. The SMILES string of the molecule is O=C1/C(=C/c2ccc(OCc3ccccc3)c(Br)c2)SC(=S)N1c1ccc(Cl)cc1Cl. The highest BCUT2D eigenvalue weighted by molar-refractivity contribution is 9.10. The molecule has 8 heteroatoms. The average Bonchev–Trinajstić information content (AvgIpc) is 3.01. The molecule has 4 rings (SSSR count). The van der Waals surface area contributed by atoms with Crippen LogP contribution in [0.4, 0.5) is 5.69 Å². The third-order valence-corrected chi connectivity index (χ3v) is 6.89. The summed E-state index contributed by atoms with van der Waals surface area (Å²) in [6.45, 7) is 0.472. The monoisotopic (exact) mass is 549 g/mol. The summed E-state index contributed by atoms with van der Waals surface area (Å²) >= 11 is 22.4. The van der Waals surface area contributed by atoms with Gasteiger partial charge in [-0.05, 0) is 63.5 Å². The molecule has 1 aliphatic rings. The molecule has 0 aromatic heterocycles. The normalized spacial score (nSPS) is 15.1. The van der Waals surface area contributed by atoms with Gasteiger partial charge < -0.3 is 4.74 Å². The van der Waals surface area contributed by atoms with Crippen molar-refractivity contribution in [2.75, 3.05) is 4.90 Å². The summed E-state index contributed by atoms with van der Waals surface area (Å²) < 4.78 is 7.11. The van der Waals surface area contributed by atoms with E-state index in [-0.39, 0.29) is 5.91 Å². The molecule has 0 radical (unpaired) electrons. The number of thiocarbonyl (C=S) groups is 1. The number of amides is 1. The predicted molar refractivity (Wildman–Crippen MR) is 137 cm³/mol. The Morgan fingerprint density at radius 3 is 2.55 bits per heavy atom. The van der Waals surface area contributed by atoms with Crippen LogP contribution < -0.4 is 9.64 Å². The number of nitrogens with zero attached hydrogens (tertiary/aromatic N) is 1. The van der Waals surface area contributed by atoms with Gasteiger partial charge in [0.25, 0.3) is 5.91 Å². The first-order chi connectivity index (χ1) is 14.9. The molecule has 0 atom stereocenters. The molecule has 3 aromatic rings. The van der Waals surface area contributed by atoms with Gasteiger partial charge in [0, 0.05) is 5.02 Å². The first kappa shape index (κ1) is 22.4. The number of hydrogen-bond acceptors (Lipinski definition) is 4. The van der Waals surface area contributed by atoms with Gasteiger partial charge in [0.05, 0.1) is 20.1 Å². The molecule has 31 heavy (non-hydrogen) atoms. The van der Waals surface area contributed by atoms with Crippen molar-refractivity contribution in [3.05, 3.63) is 97.3 Å². The third kappa shape index (κ3) is 5.16. The van der Waals surface area contributed by atoms with Crippen molar-refractivity contribution in [3.63, 3.8) is 0 Å². The number of benzene rings is 3. The second-order valence-electron chi connectivity index (χ2n) is 6.58. The molecule has 0 aliphatic carbocycles. The Bertz CT molecular complexity index is 1200. The topological polar surface area (TPSA) is 29.5 Å². The van der Waals surface area contributed by atoms with Crippen molar-refractivity contribution in [1.29, 1.82) is 0 Å². The number of carbonyl (C=O) groups excluding carboxylic acids is 1. The molecule has 1 amide bonds. The maximum absolute atomic E-state index is 13.0. The molecule has 156 valence electrons. The second kappa shape index (κ2) is 9.76. The molecule has 0 unspecified atom stereocenters. The summed E-state index contributed by atoms with van der Waals surface area (Å²) in [5.74, 6) is 0.501. The van der Waals surface area contributed by atoms with Gasteiger partial charge in [0.2, 0.25) is 0 Å². The Morgan fingerprint density at radius 1 is 1.06 bits per heavy atom. The molecule has 0 bridgehead atoms. The fourth-order valence-electron chi connectivity index (χ4n) is 2.95. The summed E-state index contributed by atoms with van der Waals surface area (Å²) in [5.41, 5.74) is 2.45. The van der Waals surface area contributed by atoms with Gasteiger partial charge in [-0.1, -0.05) is 83.6 Å². The predicted octanol–water partition coefficient (Wildman–Crippen LogP) is 7.74. The van der Waals surface area contributed by atoms with Crippen LogP contribution in [-0.4, -0.2) is 10.2 Å². The molecular formula is C23H14BrCl2NO2S2. The van der Waals surface area contributed by atoms with E-state index in [1.807, 2.05) is 48.5 Å². The van der Waals surface area contributed by atoms with E-state index in [4.69, 9.17) is 40.2 Å². The summed E-state index contributed by atoms with van der Waals surface area (Å²) in [6, 6.07) is 20.6. The number of anilines is 1. The van der Waals surface area contributed by atoms with Crippen molar-refractivity contribution in [2.24, 2.45) is 0 Å². The molecule has 0 saturated carbocycles. The molecule has 3 aromatic carbocycles. The third-order valence-electron chi connectivity index (χ3n) is 4.44. The first-order valence-corrected chi connectivity index (χ1v) is 11.9. The molecule has 1 fully saturated rings. The zero-order chi connectivity index (χ0) is 22.0. The highest BCUT2D eigenvalue weighted by Gasteiger charge is 2.34. The van der Waals surface area contributed by atoms with Gasteiger partial charge in [0.1, 0.15) is 12.4 Å². The van der Waals surface area contributed by atoms with Gasteiger partial charge >= 0.3 is 0 Å². The minimum absolute atomic E-state index is 0.222. The minimum Gasteiger partial charge on any atom is -0.488 e. The number of rotatable bonds is 5. The van der Waals surface area contributed by atoms with E-state index in [1.165, 1.54) is 16.7 Å². The highest BCUT2D eigenvalue weighted by atomic mass is 79.9. The van der Waals surface area contributed by atoms with Crippen LogP contribution in [-0.2, 0) is 11.4 Å². The van der Waals surface area contributed by atoms with Crippen LogP contribution >= 0.6 is 63.1 Å². The molecule has 3 nitrogen and oxygen atoms in total. The van der Waals surface area contributed by atoms with Crippen LogP contribution in [0.5, 0.6) is 5.75 Å². The number of ether oxygens (including phenoxy) is 1. The van der Waals surface area contributed by atoms with Gasteiger partial charge in [-0.25, -0.2) is 0 Å². The summed E-state index contributed by atoms with van der Waals surface area (Å²) in [5, 5.41) is 0.863. The maximum Gasteiger partial charge on any atom is 0.270 e. The molecule has 0 N–H and O–H groups in total. The van der Waals surface area contributed by atoms with Crippen LogP contribution in [0.15, 0.2) is 76.1 Å². The van der Waals surface area contributed by atoms with Gasteiger partial charge in [-0.15, -0.1) is 0 Å². The van der Waals surface area contributed by atoms with E-state index in [1.54, 1.807) is 24.3 Å². The van der Waals surface area contributed by atoms with E-state index in [0.717, 1.165) is 21.3 Å². The fraction of sp³-hybridized carbons (Fsp3) is 0.0435. The molecule has 1 heterocycles. The smallest absolute Gasteiger partial charge is 0.270 e. The van der Waals surface area contributed by atoms with Crippen molar-refractivity contribution < 1.29 is 9.53 Å². The molecule has 1 saturated heterocycles. The number of halogens is 3. The first-order valence-electron chi connectivity index (χ1n) is 9.11. The van der Waals surface area contributed by atoms with Gasteiger partial charge in [0.15, 0.2) is 4.32 Å². The van der Waals surface area contributed by atoms with Gasteiger partial charge in [-0.2, -0.15) is 0 Å². The van der Waals surface area contributed by atoms with Crippen LogP contribution in [0.3, 0.4) is 0 Å².